The van der Waals surface area contributed by atoms with Crippen LogP contribution >= 0.6 is 0 Å². The first kappa shape index (κ1) is 16.2. The van der Waals surface area contributed by atoms with Crippen molar-refractivity contribution in [2.45, 2.75) is 39.0 Å². The van der Waals surface area contributed by atoms with E-state index in [2.05, 4.69) is 10.6 Å². The summed E-state index contributed by atoms with van der Waals surface area (Å²) in [5.41, 5.74) is -2.27. The number of nitrogens with one attached hydrogen (secondary N) is 2. The minimum atomic E-state index is -4.52. The van der Waals surface area contributed by atoms with Gasteiger partial charge in [-0.25, -0.2) is 0 Å². The maximum atomic E-state index is 13.0. The molecule has 0 aliphatic carbocycles. The normalized spacial score (nSPS) is 23.9. The average Bonchev–Trinajstić information content (AvgIpc) is 2.77. The van der Waals surface area contributed by atoms with E-state index >= 15 is 0 Å². The summed E-state index contributed by atoms with van der Waals surface area (Å²) in [6.07, 6.45) is -4.14. The maximum Gasteiger partial charge on any atom is 0.404 e. The van der Waals surface area contributed by atoms with Crippen LogP contribution in [0.25, 0.3) is 0 Å². The molecule has 0 saturated carbocycles. The Morgan fingerprint density at radius 1 is 1.47 bits per heavy atom. The van der Waals surface area contributed by atoms with E-state index in [-0.39, 0.29) is 32.2 Å². The Balaban J connectivity index is 2.42. The van der Waals surface area contributed by atoms with E-state index < -0.39 is 17.5 Å². The van der Waals surface area contributed by atoms with Crippen LogP contribution < -0.4 is 10.6 Å². The highest BCUT2D eigenvalue weighted by Gasteiger charge is 2.61. The number of ether oxygens (including phenoxy) is 1. The van der Waals surface area contributed by atoms with Crippen molar-refractivity contribution in [3.05, 3.63) is 0 Å². The predicted octanol–water partition coefficient (Wildman–Crippen LogP) is 1.46. The van der Waals surface area contributed by atoms with Crippen LogP contribution in [0.3, 0.4) is 0 Å². The fraction of sp³-hybridized carbons (Fsp3) is 0.917. The van der Waals surface area contributed by atoms with Gasteiger partial charge in [-0.1, -0.05) is 0 Å². The number of carbonyl (C=O) groups is 1. The molecule has 1 aliphatic heterocycles. The Hall–Kier alpha value is -0.820. The number of alkyl halides is 3. The minimum absolute atomic E-state index is 0.0799. The van der Waals surface area contributed by atoms with Gasteiger partial charge in [0.1, 0.15) is 0 Å². The lowest BCUT2D eigenvalue weighted by atomic mass is 9.85. The molecule has 0 aromatic rings. The number of carbonyl (C=O) groups excluding carboxylic acids is 1. The highest BCUT2D eigenvalue weighted by molar-refractivity contribution is 5.84. The molecule has 1 aliphatic rings. The number of amides is 1. The molecule has 0 spiro atoms. The third-order valence-electron chi connectivity index (χ3n) is 3.19. The minimum Gasteiger partial charge on any atom is -0.379 e. The Labute approximate surface area is 111 Å². The molecule has 1 amide bonds. The molecular weight excluding hydrogens is 261 g/mol. The van der Waals surface area contributed by atoms with Crippen LogP contribution in [0.2, 0.25) is 0 Å². The van der Waals surface area contributed by atoms with Crippen molar-refractivity contribution in [3.63, 3.8) is 0 Å². The lowest BCUT2D eigenvalue weighted by Gasteiger charge is -2.29. The molecule has 0 aromatic heterocycles. The zero-order valence-corrected chi connectivity index (χ0v) is 11.3. The molecule has 1 atom stereocenters. The third kappa shape index (κ3) is 4.07. The second-order valence-corrected chi connectivity index (χ2v) is 5.04. The van der Waals surface area contributed by atoms with Gasteiger partial charge in [-0.05, 0) is 33.2 Å². The quantitative estimate of drug-likeness (QED) is 0.725. The second kappa shape index (κ2) is 6.56. The van der Waals surface area contributed by atoms with E-state index in [4.69, 9.17) is 4.74 Å². The summed E-state index contributed by atoms with van der Waals surface area (Å²) in [7, 11) is 0. The first-order chi connectivity index (χ1) is 8.79. The number of hydrogen-bond acceptors (Lipinski definition) is 3. The van der Waals surface area contributed by atoms with Gasteiger partial charge >= 0.3 is 6.18 Å². The fourth-order valence-electron chi connectivity index (χ4n) is 2.02. The van der Waals surface area contributed by atoms with Crippen molar-refractivity contribution in [3.8, 4) is 0 Å². The molecule has 1 rings (SSSR count). The lowest BCUT2D eigenvalue weighted by molar-refractivity contribution is -0.216. The summed E-state index contributed by atoms with van der Waals surface area (Å²) in [5, 5.41) is 4.98. The van der Waals surface area contributed by atoms with Gasteiger partial charge in [0.15, 0.2) is 5.41 Å². The van der Waals surface area contributed by atoms with E-state index in [0.717, 1.165) is 0 Å². The van der Waals surface area contributed by atoms with Gasteiger partial charge in [0.25, 0.3) is 0 Å². The summed E-state index contributed by atoms with van der Waals surface area (Å²) >= 11 is 0. The van der Waals surface area contributed by atoms with E-state index in [1.165, 1.54) is 0 Å². The molecule has 4 nitrogen and oxygen atoms in total. The molecule has 112 valence electrons. The number of rotatable bonds is 6. The van der Waals surface area contributed by atoms with Gasteiger partial charge in [-0.2, -0.15) is 13.2 Å². The van der Waals surface area contributed by atoms with Gasteiger partial charge in [-0.3, -0.25) is 4.79 Å². The molecule has 19 heavy (non-hydrogen) atoms. The molecule has 1 heterocycles. The number of hydrogen-bond donors (Lipinski definition) is 2. The van der Waals surface area contributed by atoms with Crippen molar-refractivity contribution in [1.82, 2.24) is 10.6 Å². The third-order valence-corrected chi connectivity index (χ3v) is 3.19. The summed E-state index contributed by atoms with van der Waals surface area (Å²) in [6.45, 7) is 4.25. The topological polar surface area (TPSA) is 50.4 Å². The SMILES string of the molecule is CC(C)OCCCNC(=O)C1(C(F)(F)F)CCNC1. The molecule has 7 heteroatoms. The summed E-state index contributed by atoms with van der Waals surface area (Å²) < 4.78 is 44.3. The summed E-state index contributed by atoms with van der Waals surface area (Å²) in [4.78, 5) is 11.8. The van der Waals surface area contributed by atoms with Gasteiger partial charge in [0.05, 0.1) is 6.10 Å². The Morgan fingerprint density at radius 3 is 2.63 bits per heavy atom. The highest BCUT2D eigenvalue weighted by Crippen LogP contribution is 2.43. The van der Waals surface area contributed by atoms with E-state index in [9.17, 15) is 18.0 Å². The van der Waals surface area contributed by atoms with Crippen molar-refractivity contribution in [2.24, 2.45) is 5.41 Å². The van der Waals surface area contributed by atoms with Crippen molar-refractivity contribution < 1.29 is 22.7 Å². The molecule has 0 radical (unpaired) electrons. The molecule has 1 saturated heterocycles. The standard InChI is InChI=1S/C12H21F3N2O2/c1-9(2)19-7-3-5-17-10(18)11(12(13,14)15)4-6-16-8-11/h9,16H,3-8H2,1-2H3,(H,17,18). The molecule has 1 fully saturated rings. The molecular formula is C12H21F3N2O2. The molecule has 2 N–H and O–H groups in total. The van der Waals surface area contributed by atoms with Crippen molar-refractivity contribution in [1.29, 1.82) is 0 Å². The van der Waals surface area contributed by atoms with Gasteiger partial charge in [-0.15, -0.1) is 0 Å². The zero-order chi connectivity index (χ0) is 14.5. The Bertz CT molecular complexity index is 300. The smallest absolute Gasteiger partial charge is 0.379 e. The first-order valence-corrected chi connectivity index (χ1v) is 6.47. The molecule has 1 unspecified atom stereocenters. The largest absolute Gasteiger partial charge is 0.404 e. The van der Waals surface area contributed by atoms with E-state index in [1.54, 1.807) is 0 Å². The maximum absolute atomic E-state index is 13.0. The van der Waals surface area contributed by atoms with E-state index in [0.29, 0.717) is 13.0 Å². The zero-order valence-electron chi connectivity index (χ0n) is 11.3. The molecule has 0 aromatic carbocycles. The fourth-order valence-corrected chi connectivity index (χ4v) is 2.02. The summed E-state index contributed by atoms with van der Waals surface area (Å²) in [5.74, 6) is -0.936. The van der Waals surface area contributed by atoms with Crippen molar-refractivity contribution in [2.75, 3.05) is 26.2 Å². The van der Waals surface area contributed by atoms with Crippen LogP contribution in [-0.2, 0) is 9.53 Å². The number of halogens is 3. The monoisotopic (exact) mass is 282 g/mol. The van der Waals surface area contributed by atoms with Gasteiger partial charge in [0.2, 0.25) is 5.91 Å². The Kier molecular flexibility index (Phi) is 5.61. The van der Waals surface area contributed by atoms with Gasteiger partial charge in [0, 0.05) is 19.7 Å². The predicted molar refractivity (Wildman–Crippen MR) is 64.7 cm³/mol. The van der Waals surface area contributed by atoms with Crippen LogP contribution in [0.4, 0.5) is 13.2 Å². The van der Waals surface area contributed by atoms with E-state index in [1.807, 2.05) is 13.8 Å². The highest BCUT2D eigenvalue weighted by atomic mass is 19.4. The first-order valence-electron chi connectivity index (χ1n) is 6.47. The summed E-state index contributed by atoms with van der Waals surface area (Å²) in [6, 6.07) is 0. The Morgan fingerprint density at radius 2 is 2.16 bits per heavy atom. The average molecular weight is 282 g/mol. The van der Waals surface area contributed by atoms with Crippen LogP contribution in [0.1, 0.15) is 26.7 Å². The van der Waals surface area contributed by atoms with Crippen LogP contribution in [0, 0.1) is 5.41 Å². The van der Waals surface area contributed by atoms with Crippen molar-refractivity contribution >= 4 is 5.91 Å². The molecule has 0 bridgehead atoms. The van der Waals surface area contributed by atoms with Gasteiger partial charge < -0.3 is 15.4 Å². The van der Waals surface area contributed by atoms with Crippen LogP contribution in [0.15, 0.2) is 0 Å². The second-order valence-electron chi connectivity index (χ2n) is 5.04. The van der Waals surface area contributed by atoms with Crippen LogP contribution in [0.5, 0.6) is 0 Å². The lowest BCUT2D eigenvalue weighted by Crippen LogP contribution is -2.52. The van der Waals surface area contributed by atoms with Crippen LogP contribution in [-0.4, -0.2) is 44.4 Å².